The van der Waals surface area contributed by atoms with Gasteiger partial charge in [0, 0.05) is 25.0 Å². The van der Waals surface area contributed by atoms with Crippen molar-refractivity contribution in [1.29, 1.82) is 0 Å². The van der Waals surface area contributed by atoms with Crippen LogP contribution in [0.5, 0.6) is 0 Å². The molecular weight excluding hydrogens is 312 g/mol. The summed E-state index contributed by atoms with van der Waals surface area (Å²) < 4.78 is 2.06. The molecule has 2 aliphatic carbocycles. The van der Waals surface area contributed by atoms with Gasteiger partial charge in [-0.15, -0.1) is 0 Å². The zero-order valence-corrected chi connectivity index (χ0v) is 15.7. The van der Waals surface area contributed by atoms with Gasteiger partial charge in [-0.25, -0.2) is 9.67 Å². The van der Waals surface area contributed by atoms with Crippen LogP contribution in [0.25, 0.3) is 0 Å². The van der Waals surface area contributed by atoms with Crippen LogP contribution in [0.2, 0.25) is 0 Å². The maximum Gasteiger partial charge on any atom is 0.191 e. The Morgan fingerprint density at radius 3 is 2.84 bits per heavy atom. The fourth-order valence-electron chi connectivity index (χ4n) is 4.68. The van der Waals surface area contributed by atoms with Crippen molar-refractivity contribution in [3.63, 3.8) is 0 Å². The highest BCUT2D eigenvalue weighted by Gasteiger charge is 2.43. The molecule has 2 heterocycles. The van der Waals surface area contributed by atoms with Crippen LogP contribution in [0.15, 0.2) is 4.99 Å². The van der Waals surface area contributed by atoms with E-state index in [0.29, 0.717) is 12.1 Å². The Kier molecular flexibility index (Phi) is 4.95. The van der Waals surface area contributed by atoms with E-state index in [9.17, 15) is 0 Å². The third-order valence-corrected chi connectivity index (χ3v) is 6.04. The molecule has 2 N–H and O–H groups in total. The van der Waals surface area contributed by atoms with E-state index in [4.69, 9.17) is 0 Å². The number of rotatable bonds is 4. The molecule has 2 saturated carbocycles. The summed E-state index contributed by atoms with van der Waals surface area (Å²) in [5, 5.41) is 11.9. The van der Waals surface area contributed by atoms with Gasteiger partial charge in [0.05, 0.1) is 6.54 Å². The lowest BCUT2D eigenvalue weighted by Crippen LogP contribution is -2.48. The second-order valence-corrected chi connectivity index (χ2v) is 8.01. The van der Waals surface area contributed by atoms with Crippen LogP contribution < -0.4 is 10.6 Å². The summed E-state index contributed by atoms with van der Waals surface area (Å²) in [4.78, 5) is 9.19. The first kappa shape index (κ1) is 16.9. The lowest BCUT2D eigenvalue weighted by molar-refractivity contribution is 0.315. The number of nitrogens with zero attached hydrogens (tertiary/aromatic N) is 4. The maximum absolute atomic E-state index is 4.69. The third-order valence-electron chi connectivity index (χ3n) is 6.04. The molecule has 6 nitrogen and oxygen atoms in total. The molecule has 3 unspecified atom stereocenters. The number of hydrogen-bond acceptors (Lipinski definition) is 3. The molecule has 0 aromatic carbocycles. The number of hydrogen-bond donors (Lipinski definition) is 2. The Bertz CT molecular complexity index is 615. The van der Waals surface area contributed by atoms with Gasteiger partial charge in [-0.2, -0.15) is 5.10 Å². The summed E-state index contributed by atoms with van der Waals surface area (Å²) in [6.45, 7) is 5.78. The predicted molar refractivity (Wildman–Crippen MR) is 99.6 cm³/mol. The van der Waals surface area contributed by atoms with E-state index in [1.54, 1.807) is 0 Å². The average Bonchev–Trinajstić information content (AvgIpc) is 3.27. The van der Waals surface area contributed by atoms with E-state index in [2.05, 4.69) is 37.3 Å². The molecule has 0 amide bonds. The van der Waals surface area contributed by atoms with Crippen LogP contribution in [0.3, 0.4) is 0 Å². The second-order valence-electron chi connectivity index (χ2n) is 8.01. The van der Waals surface area contributed by atoms with Crippen LogP contribution in [0, 0.1) is 18.8 Å². The number of aryl methyl sites for hydroxylation is 2. The molecule has 4 rings (SSSR count). The number of guanidine groups is 1. The Balaban J connectivity index is 1.31. The molecule has 0 spiro atoms. The van der Waals surface area contributed by atoms with Crippen LogP contribution in [0.4, 0.5) is 0 Å². The molecule has 1 aromatic rings. The largest absolute Gasteiger partial charge is 0.353 e. The Morgan fingerprint density at radius 2 is 2.04 bits per heavy atom. The van der Waals surface area contributed by atoms with E-state index < -0.39 is 0 Å². The fraction of sp³-hybridized carbons (Fsp3) is 0.842. The molecule has 0 saturated heterocycles. The lowest BCUT2D eigenvalue weighted by atomic mass is 9.85. The SMILES string of the molecule is CCN=C(NC1CCc2nc(C)nn2C1)NC1CC1C1CCCCC1. The predicted octanol–water partition coefficient (Wildman–Crippen LogP) is 2.43. The molecule has 138 valence electrons. The normalized spacial score (nSPS) is 30.0. The monoisotopic (exact) mass is 344 g/mol. The average molecular weight is 345 g/mol. The van der Waals surface area contributed by atoms with Gasteiger partial charge in [0.25, 0.3) is 0 Å². The van der Waals surface area contributed by atoms with Gasteiger partial charge in [-0.3, -0.25) is 4.99 Å². The van der Waals surface area contributed by atoms with Crippen LogP contribution >= 0.6 is 0 Å². The van der Waals surface area contributed by atoms with E-state index in [1.807, 2.05) is 6.92 Å². The summed E-state index contributed by atoms with van der Waals surface area (Å²) >= 11 is 0. The van der Waals surface area contributed by atoms with Crippen molar-refractivity contribution in [2.45, 2.75) is 83.8 Å². The highest BCUT2D eigenvalue weighted by molar-refractivity contribution is 5.80. The molecule has 0 radical (unpaired) electrons. The minimum absolute atomic E-state index is 0.387. The standard InChI is InChI=1S/C19H32N6/c1-3-20-19(23-17-11-16(17)14-7-5-4-6-8-14)22-15-9-10-18-21-13(2)24-25(18)12-15/h14-17H,3-12H2,1-2H3,(H2,20,22,23). The maximum atomic E-state index is 4.69. The Labute approximate surface area is 150 Å². The summed E-state index contributed by atoms with van der Waals surface area (Å²) in [5.41, 5.74) is 0. The first-order valence-corrected chi connectivity index (χ1v) is 10.2. The molecule has 2 fully saturated rings. The van der Waals surface area contributed by atoms with Crippen molar-refractivity contribution < 1.29 is 0 Å². The van der Waals surface area contributed by atoms with E-state index >= 15 is 0 Å². The number of fused-ring (bicyclic) bond motifs is 1. The molecule has 25 heavy (non-hydrogen) atoms. The van der Waals surface area contributed by atoms with Gasteiger partial charge in [-0.05, 0) is 38.5 Å². The fourth-order valence-corrected chi connectivity index (χ4v) is 4.68. The zero-order chi connectivity index (χ0) is 17.2. The highest BCUT2D eigenvalue weighted by atomic mass is 15.4. The first-order chi connectivity index (χ1) is 12.2. The van der Waals surface area contributed by atoms with Crippen LogP contribution in [-0.2, 0) is 13.0 Å². The van der Waals surface area contributed by atoms with Crippen molar-refractivity contribution in [3.05, 3.63) is 11.6 Å². The van der Waals surface area contributed by atoms with Gasteiger partial charge < -0.3 is 10.6 Å². The lowest BCUT2D eigenvalue weighted by Gasteiger charge is -2.26. The van der Waals surface area contributed by atoms with Gasteiger partial charge in [0.1, 0.15) is 11.6 Å². The summed E-state index contributed by atoms with van der Waals surface area (Å²) in [7, 11) is 0. The highest BCUT2D eigenvalue weighted by Crippen LogP contribution is 2.44. The number of aliphatic imine (C=N–C) groups is 1. The molecule has 3 atom stereocenters. The smallest absolute Gasteiger partial charge is 0.191 e. The van der Waals surface area contributed by atoms with Gasteiger partial charge in [-0.1, -0.05) is 32.1 Å². The Morgan fingerprint density at radius 1 is 1.20 bits per heavy atom. The topological polar surface area (TPSA) is 67.1 Å². The van der Waals surface area contributed by atoms with E-state index in [1.165, 1.54) is 38.5 Å². The van der Waals surface area contributed by atoms with Gasteiger partial charge in [0.2, 0.25) is 0 Å². The van der Waals surface area contributed by atoms with Crippen molar-refractivity contribution in [2.75, 3.05) is 6.54 Å². The van der Waals surface area contributed by atoms with Gasteiger partial charge in [0.15, 0.2) is 5.96 Å². The minimum Gasteiger partial charge on any atom is -0.353 e. The third kappa shape index (κ3) is 3.98. The number of aromatic nitrogens is 3. The Hall–Kier alpha value is -1.59. The molecule has 3 aliphatic rings. The minimum atomic E-state index is 0.387. The van der Waals surface area contributed by atoms with Crippen molar-refractivity contribution in [2.24, 2.45) is 16.8 Å². The quantitative estimate of drug-likeness (QED) is 0.650. The summed E-state index contributed by atoms with van der Waals surface area (Å²) in [6, 6.07) is 1.02. The number of nitrogens with one attached hydrogen (secondary N) is 2. The van der Waals surface area contributed by atoms with Crippen molar-refractivity contribution in [3.8, 4) is 0 Å². The molecule has 1 aliphatic heterocycles. The van der Waals surface area contributed by atoms with Crippen LogP contribution in [-0.4, -0.2) is 39.4 Å². The van der Waals surface area contributed by atoms with Crippen molar-refractivity contribution >= 4 is 5.96 Å². The summed E-state index contributed by atoms with van der Waals surface area (Å²) in [6.07, 6.45) is 10.6. The molecule has 0 bridgehead atoms. The second kappa shape index (κ2) is 7.34. The van der Waals surface area contributed by atoms with E-state index in [-0.39, 0.29) is 0 Å². The molecule has 1 aromatic heterocycles. The van der Waals surface area contributed by atoms with Gasteiger partial charge >= 0.3 is 0 Å². The first-order valence-electron chi connectivity index (χ1n) is 10.2. The van der Waals surface area contributed by atoms with Crippen LogP contribution in [0.1, 0.15) is 63.5 Å². The molecule has 6 heteroatoms. The summed E-state index contributed by atoms with van der Waals surface area (Å²) in [5.74, 6) is 4.82. The van der Waals surface area contributed by atoms with Crippen molar-refractivity contribution in [1.82, 2.24) is 25.4 Å². The van der Waals surface area contributed by atoms with E-state index in [0.717, 1.165) is 55.4 Å². The zero-order valence-electron chi connectivity index (χ0n) is 15.7. The molecular formula is C19H32N6.